The van der Waals surface area contributed by atoms with Gasteiger partial charge in [-0.2, -0.15) is 5.10 Å². The number of nitrogens with one attached hydrogen (secondary N) is 1. The molecule has 7 nitrogen and oxygen atoms in total. The fourth-order valence-electron chi connectivity index (χ4n) is 2.91. The number of hydrogen-bond donors (Lipinski definition) is 1. The van der Waals surface area contributed by atoms with Gasteiger partial charge in [0.25, 0.3) is 5.91 Å². The maximum absolute atomic E-state index is 12.3. The van der Waals surface area contributed by atoms with Crippen LogP contribution < -0.4 is 19.6 Å². The smallest absolute Gasteiger partial charge is 0.343 e. The second kappa shape index (κ2) is 12.8. The first-order valence-electron chi connectivity index (χ1n) is 11.2. The van der Waals surface area contributed by atoms with E-state index >= 15 is 0 Å². The minimum Gasteiger partial charge on any atom is -0.494 e. The molecule has 0 bridgehead atoms. The maximum atomic E-state index is 12.3. The Labute approximate surface area is 199 Å². The zero-order valence-corrected chi connectivity index (χ0v) is 19.3. The van der Waals surface area contributed by atoms with Crippen LogP contribution in [0.2, 0.25) is 0 Å². The highest BCUT2D eigenvalue weighted by Crippen LogP contribution is 2.17. The summed E-state index contributed by atoms with van der Waals surface area (Å²) in [6.45, 7) is 5.22. The number of amides is 1. The van der Waals surface area contributed by atoms with Gasteiger partial charge in [0.05, 0.1) is 25.0 Å². The standard InChI is InChI=1S/C27H28N2O5/c1-3-5-18-33-24-14-8-21(9-15-24)26(30)29-28-19-20-6-12-25(13-7-20)34-27(31)22-10-16-23(17-11-22)32-4-2/h6-17,19H,3-5,18H2,1-2H3,(H,29,30)/b28-19+. The monoisotopic (exact) mass is 460 g/mol. The molecule has 3 aromatic rings. The number of benzene rings is 3. The minimum atomic E-state index is -0.460. The molecule has 0 saturated carbocycles. The van der Waals surface area contributed by atoms with Crippen LogP contribution >= 0.6 is 0 Å². The van der Waals surface area contributed by atoms with E-state index < -0.39 is 5.97 Å². The third kappa shape index (κ3) is 7.48. The molecule has 1 amide bonds. The van der Waals surface area contributed by atoms with Crippen LogP contribution in [-0.4, -0.2) is 31.3 Å². The molecule has 0 heterocycles. The quantitative estimate of drug-likeness (QED) is 0.139. The van der Waals surface area contributed by atoms with Gasteiger partial charge in [-0.1, -0.05) is 13.3 Å². The molecule has 7 heteroatoms. The predicted octanol–water partition coefficient (Wildman–Crippen LogP) is 5.25. The van der Waals surface area contributed by atoms with Crippen LogP contribution in [0.15, 0.2) is 77.9 Å². The Balaban J connectivity index is 1.48. The van der Waals surface area contributed by atoms with E-state index in [1.165, 1.54) is 6.21 Å². The molecule has 0 radical (unpaired) electrons. The van der Waals surface area contributed by atoms with Gasteiger partial charge in [-0.25, -0.2) is 10.2 Å². The first kappa shape index (κ1) is 24.5. The molecular weight excluding hydrogens is 432 g/mol. The Bertz CT molecular complexity index is 1090. The van der Waals surface area contributed by atoms with Crippen molar-refractivity contribution < 1.29 is 23.8 Å². The molecule has 34 heavy (non-hydrogen) atoms. The summed E-state index contributed by atoms with van der Waals surface area (Å²) in [6, 6.07) is 20.5. The van der Waals surface area contributed by atoms with Crippen LogP contribution in [0.1, 0.15) is 53.0 Å². The third-order valence-electron chi connectivity index (χ3n) is 4.75. The number of rotatable bonds is 11. The van der Waals surface area contributed by atoms with Crippen molar-refractivity contribution in [3.05, 3.63) is 89.5 Å². The number of hydrazone groups is 1. The maximum Gasteiger partial charge on any atom is 0.343 e. The molecule has 3 rings (SSSR count). The fourth-order valence-corrected chi connectivity index (χ4v) is 2.91. The van der Waals surface area contributed by atoms with Crippen LogP contribution in [-0.2, 0) is 0 Å². The van der Waals surface area contributed by atoms with Crippen LogP contribution in [0, 0.1) is 0 Å². The highest BCUT2D eigenvalue weighted by Gasteiger charge is 2.09. The lowest BCUT2D eigenvalue weighted by molar-refractivity contribution is 0.0734. The number of esters is 1. The molecule has 0 aliphatic heterocycles. The lowest BCUT2D eigenvalue weighted by atomic mass is 10.2. The van der Waals surface area contributed by atoms with E-state index in [9.17, 15) is 9.59 Å². The van der Waals surface area contributed by atoms with E-state index in [2.05, 4.69) is 17.5 Å². The Morgan fingerprint density at radius 3 is 2.00 bits per heavy atom. The van der Waals surface area contributed by atoms with Crippen LogP contribution in [0.3, 0.4) is 0 Å². The van der Waals surface area contributed by atoms with Gasteiger partial charge in [-0.3, -0.25) is 4.79 Å². The summed E-state index contributed by atoms with van der Waals surface area (Å²) in [5.74, 6) is 1.05. The normalized spacial score (nSPS) is 10.6. The summed E-state index contributed by atoms with van der Waals surface area (Å²) < 4.78 is 16.4. The third-order valence-corrected chi connectivity index (χ3v) is 4.75. The SMILES string of the molecule is CCCCOc1ccc(C(=O)N/N=C/c2ccc(OC(=O)c3ccc(OCC)cc3)cc2)cc1. The van der Waals surface area contributed by atoms with Crippen molar-refractivity contribution in [1.29, 1.82) is 0 Å². The van der Waals surface area contributed by atoms with E-state index in [0.717, 1.165) is 24.2 Å². The van der Waals surface area contributed by atoms with Crippen molar-refractivity contribution in [2.45, 2.75) is 26.7 Å². The van der Waals surface area contributed by atoms with Gasteiger partial charge in [-0.15, -0.1) is 0 Å². The number of unbranched alkanes of at least 4 members (excludes halogenated alkanes) is 1. The van der Waals surface area contributed by atoms with Crippen molar-refractivity contribution in [3.63, 3.8) is 0 Å². The van der Waals surface area contributed by atoms with Crippen molar-refractivity contribution in [1.82, 2.24) is 5.43 Å². The summed E-state index contributed by atoms with van der Waals surface area (Å²) in [4.78, 5) is 24.5. The largest absolute Gasteiger partial charge is 0.494 e. The lowest BCUT2D eigenvalue weighted by Crippen LogP contribution is -2.17. The Morgan fingerprint density at radius 2 is 1.38 bits per heavy atom. The van der Waals surface area contributed by atoms with E-state index in [4.69, 9.17) is 14.2 Å². The van der Waals surface area contributed by atoms with E-state index in [0.29, 0.717) is 35.8 Å². The van der Waals surface area contributed by atoms with Crippen molar-refractivity contribution >= 4 is 18.1 Å². The van der Waals surface area contributed by atoms with E-state index in [1.54, 1.807) is 72.8 Å². The topological polar surface area (TPSA) is 86.2 Å². The van der Waals surface area contributed by atoms with Gasteiger partial charge in [0.15, 0.2) is 0 Å². The van der Waals surface area contributed by atoms with Crippen LogP contribution in [0.5, 0.6) is 17.2 Å². The molecule has 0 atom stereocenters. The molecule has 0 aromatic heterocycles. The number of carbonyl (C=O) groups excluding carboxylic acids is 2. The Morgan fingerprint density at radius 1 is 0.794 bits per heavy atom. The Kier molecular flexibility index (Phi) is 9.22. The highest BCUT2D eigenvalue weighted by molar-refractivity contribution is 5.95. The lowest BCUT2D eigenvalue weighted by Gasteiger charge is -2.06. The van der Waals surface area contributed by atoms with Gasteiger partial charge < -0.3 is 14.2 Å². The van der Waals surface area contributed by atoms with E-state index in [1.807, 2.05) is 6.92 Å². The number of ether oxygens (including phenoxy) is 3. The molecule has 0 fully saturated rings. The number of carbonyl (C=O) groups is 2. The molecule has 176 valence electrons. The minimum absolute atomic E-state index is 0.322. The summed E-state index contributed by atoms with van der Waals surface area (Å²) in [5.41, 5.74) is 4.14. The average Bonchev–Trinajstić information content (AvgIpc) is 2.86. The van der Waals surface area contributed by atoms with Crippen LogP contribution in [0.4, 0.5) is 0 Å². The van der Waals surface area contributed by atoms with Gasteiger partial charge >= 0.3 is 5.97 Å². The predicted molar refractivity (Wildman–Crippen MR) is 131 cm³/mol. The van der Waals surface area contributed by atoms with Crippen molar-refractivity contribution in [2.75, 3.05) is 13.2 Å². The first-order chi connectivity index (χ1) is 16.6. The van der Waals surface area contributed by atoms with Gasteiger partial charge in [0.1, 0.15) is 17.2 Å². The molecule has 0 unspecified atom stereocenters. The molecule has 3 aromatic carbocycles. The van der Waals surface area contributed by atoms with Crippen LogP contribution in [0.25, 0.3) is 0 Å². The fraction of sp³-hybridized carbons (Fsp3) is 0.222. The number of hydrogen-bond acceptors (Lipinski definition) is 6. The summed E-state index contributed by atoms with van der Waals surface area (Å²) >= 11 is 0. The second-order valence-corrected chi connectivity index (χ2v) is 7.34. The zero-order valence-electron chi connectivity index (χ0n) is 19.3. The molecule has 0 spiro atoms. The molecule has 0 aliphatic rings. The summed E-state index contributed by atoms with van der Waals surface area (Å²) in [5, 5.41) is 3.99. The Hall–Kier alpha value is -4.13. The zero-order chi connectivity index (χ0) is 24.2. The molecule has 0 saturated heterocycles. The second-order valence-electron chi connectivity index (χ2n) is 7.34. The van der Waals surface area contributed by atoms with Crippen molar-refractivity contribution in [2.24, 2.45) is 5.10 Å². The van der Waals surface area contributed by atoms with E-state index in [-0.39, 0.29) is 5.91 Å². The van der Waals surface area contributed by atoms with Gasteiger partial charge in [0.2, 0.25) is 0 Å². The molecular formula is C27H28N2O5. The number of nitrogens with zero attached hydrogens (tertiary/aromatic N) is 1. The highest BCUT2D eigenvalue weighted by atomic mass is 16.5. The molecule has 1 N–H and O–H groups in total. The van der Waals surface area contributed by atoms with Gasteiger partial charge in [-0.05, 0) is 91.7 Å². The average molecular weight is 461 g/mol. The molecule has 0 aliphatic carbocycles. The first-order valence-corrected chi connectivity index (χ1v) is 11.2. The van der Waals surface area contributed by atoms with Gasteiger partial charge in [0, 0.05) is 5.56 Å². The summed E-state index contributed by atoms with van der Waals surface area (Å²) in [7, 11) is 0. The van der Waals surface area contributed by atoms with Crippen molar-refractivity contribution in [3.8, 4) is 17.2 Å². The summed E-state index contributed by atoms with van der Waals surface area (Å²) in [6.07, 6.45) is 3.57.